The summed E-state index contributed by atoms with van der Waals surface area (Å²) in [7, 11) is 1.64. The lowest BCUT2D eigenvalue weighted by atomic mass is 10.0. The molecule has 4 nitrogen and oxygen atoms in total. The Labute approximate surface area is 131 Å². The summed E-state index contributed by atoms with van der Waals surface area (Å²) in [6, 6.07) is 11.6. The largest absolute Gasteiger partial charge is 0.496 e. The monoisotopic (exact) mass is 301 g/mol. The Bertz CT molecular complexity index is 668. The van der Waals surface area contributed by atoms with Gasteiger partial charge in [0.25, 0.3) is 5.91 Å². The van der Waals surface area contributed by atoms with Crippen molar-refractivity contribution in [1.29, 1.82) is 0 Å². The molecule has 0 spiro atoms. The van der Waals surface area contributed by atoms with Gasteiger partial charge in [0.15, 0.2) is 0 Å². The number of rotatable bonds is 6. The standard InChI is InChI=1S/C18H23NO3/c1-5-18(3,22-6-2)17(20)19-15-11-12-16(21-4)14-10-8-7-9-13(14)15/h7-12H,5-6H2,1-4H3,(H,19,20)/t18-/m1/s1. The minimum Gasteiger partial charge on any atom is -0.496 e. The molecule has 118 valence electrons. The van der Waals surface area contributed by atoms with Crippen LogP contribution in [0.25, 0.3) is 10.8 Å². The zero-order chi connectivity index (χ0) is 16.2. The summed E-state index contributed by atoms with van der Waals surface area (Å²) in [5, 5.41) is 4.91. The molecule has 4 heteroatoms. The molecule has 2 aromatic carbocycles. The van der Waals surface area contributed by atoms with E-state index in [4.69, 9.17) is 9.47 Å². The van der Waals surface area contributed by atoms with Crippen LogP contribution in [0.15, 0.2) is 36.4 Å². The molecule has 0 bridgehead atoms. The minimum absolute atomic E-state index is 0.132. The van der Waals surface area contributed by atoms with Gasteiger partial charge >= 0.3 is 0 Å². The number of ether oxygens (including phenoxy) is 2. The third-order valence-electron chi connectivity index (χ3n) is 3.97. The number of methoxy groups -OCH3 is 1. The fourth-order valence-electron chi connectivity index (χ4n) is 2.46. The van der Waals surface area contributed by atoms with E-state index in [1.165, 1.54) is 0 Å². The van der Waals surface area contributed by atoms with Crippen molar-refractivity contribution in [3.63, 3.8) is 0 Å². The van der Waals surface area contributed by atoms with Crippen molar-refractivity contribution in [2.75, 3.05) is 19.0 Å². The minimum atomic E-state index is -0.824. The van der Waals surface area contributed by atoms with Crippen LogP contribution in [0, 0.1) is 0 Å². The molecule has 0 aliphatic rings. The van der Waals surface area contributed by atoms with Crippen LogP contribution in [0.1, 0.15) is 27.2 Å². The normalized spacial score (nSPS) is 13.6. The first-order valence-electron chi connectivity index (χ1n) is 7.57. The Balaban J connectivity index is 2.38. The molecular weight excluding hydrogens is 278 g/mol. The van der Waals surface area contributed by atoms with E-state index in [0.29, 0.717) is 13.0 Å². The van der Waals surface area contributed by atoms with Crippen LogP contribution in [0.2, 0.25) is 0 Å². The number of carbonyl (C=O) groups excluding carboxylic acids is 1. The molecule has 0 aromatic heterocycles. The Morgan fingerprint density at radius 3 is 2.41 bits per heavy atom. The number of anilines is 1. The van der Waals surface area contributed by atoms with E-state index in [2.05, 4.69) is 5.32 Å². The average molecular weight is 301 g/mol. The molecule has 0 heterocycles. The second kappa shape index (κ2) is 6.79. The maximum atomic E-state index is 12.6. The number of carbonyl (C=O) groups is 1. The summed E-state index contributed by atoms with van der Waals surface area (Å²) in [5.74, 6) is 0.656. The van der Waals surface area contributed by atoms with Crippen LogP contribution in [-0.4, -0.2) is 25.2 Å². The van der Waals surface area contributed by atoms with Gasteiger partial charge in [0, 0.05) is 23.1 Å². The average Bonchev–Trinajstić information content (AvgIpc) is 2.55. The lowest BCUT2D eigenvalue weighted by Gasteiger charge is -2.27. The third-order valence-corrected chi connectivity index (χ3v) is 3.97. The fraction of sp³-hybridized carbons (Fsp3) is 0.389. The first kappa shape index (κ1) is 16.3. The van der Waals surface area contributed by atoms with Crippen molar-refractivity contribution in [3.8, 4) is 5.75 Å². The highest BCUT2D eigenvalue weighted by atomic mass is 16.5. The first-order valence-corrected chi connectivity index (χ1v) is 7.57. The molecule has 0 saturated heterocycles. The first-order chi connectivity index (χ1) is 10.6. The van der Waals surface area contributed by atoms with Crippen molar-refractivity contribution in [2.45, 2.75) is 32.8 Å². The molecule has 0 fully saturated rings. The number of benzene rings is 2. The van der Waals surface area contributed by atoms with Gasteiger partial charge in [0.2, 0.25) is 0 Å². The topological polar surface area (TPSA) is 47.6 Å². The van der Waals surface area contributed by atoms with Crippen LogP contribution in [0.4, 0.5) is 5.69 Å². The van der Waals surface area contributed by atoms with Crippen LogP contribution >= 0.6 is 0 Å². The molecular formula is C18H23NO3. The highest BCUT2D eigenvalue weighted by molar-refractivity contribution is 6.06. The van der Waals surface area contributed by atoms with Crippen LogP contribution in [0.5, 0.6) is 5.75 Å². The second-order valence-electron chi connectivity index (χ2n) is 5.33. The number of hydrogen-bond acceptors (Lipinski definition) is 3. The van der Waals surface area contributed by atoms with E-state index in [-0.39, 0.29) is 5.91 Å². The SMILES string of the molecule is CCO[C@](C)(CC)C(=O)Nc1ccc(OC)c2ccccc12. The maximum Gasteiger partial charge on any atom is 0.256 e. The van der Waals surface area contributed by atoms with Gasteiger partial charge in [0.1, 0.15) is 11.4 Å². The van der Waals surface area contributed by atoms with Gasteiger partial charge in [-0.1, -0.05) is 31.2 Å². The van der Waals surface area contributed by atoms with Gasteiger partial charge in [-0.05, 0) is 32.4 Å². The molecule has 22 heavy (non-hydrogen) atoms. The molecule has 0 radical (unpaired) electrons. The molecule has 2 aromatic rings. The Morgan fingerprint density at radius 2 is 1.82 bits per heavy atom. The van der Waals surface area contributed by atoms with E-state index >= 15 is 0 Å². The van der Waals surface area contributed by atoms with Gasteiger partial charge < -0.3 is 14.8 Å². The van der Waals surface area contributed by atoms with E-state index < -0.39 is 5.60 Å². The summed E-state index contributed by atoms with van der Waals surface area (Å²) < 4.78 is 11.0. The van der Waals surface area contributed by atoms with Gasteiger partial charge in [-0.25, -0.2) is 0 Å². The lowest BCUT2D eigenvalue weighted by molar-refractivity contribution is -0.139. The van der Waals surface area contributed by atoms with Gasteiger partial charge in [-0.15, -0.1) is 0 Å². The van der Waals surface area contributed by atoms with Gasteiger partial charge in [0.05, 0.1) is 7.11 Å². The summed E-state index contributed by atoms with van der Waals surface area (Å²) in [4.78, 5) is 12.6. The summed E-state index contributed by atoms with van der Waals surface area (Å²) >= 11 is 0. The molecule has 0 aliphatic heterocycles. The molecule has 0 aliphatic carbocycles. The Hall–Kier alpha value is -2.07. The molecule has 1 N–H and O–H groups in total. The van der Waals surface area contributed by atoms with Gasteiger partial charge in [-0.3, -0.25) is 4.79 Å². The van der Waals surface area contributed by atoms with Gasteiger partial charge in [-0.2, -0.15) is 0 Å². The summed E-state index contributed by atoms with van der Waals surface area (Å²) in [5.41, 5.74) is -0.0590. The predicted molar refractivity (Wildman–Crippen MR) is 89.5 cm³/mol. The fourth-order valence-corrected chi connectivity index (χ4v) is 2.46. The van der Waals surface area contributed by atoms with Crippen LogP contribution in [0.3, 0.4) is 0 Å². The van der Waals surface area contributed by atoms with Crippen molar-refractivity contribution < 1.29 is 14.3 Å². The zero-order valence-electron chi connectivity index (χ0n) is 13.6. The van der Waals surface area contributed by atoms with E-state index in [1.54, 1.807) is 7.11 Å². The highest BCUT2D eigenvalue weighted by Gasteiger charge is 2.32. The maximum absolute atomic E-state index is 12.6. The van der Waals surface area contributed by atoms with E-state index in [1.807, 2.05) is 57.2 Å². The molecule has 0 unspecified atom stereocenters. The summed E-state index contributed by atoms with van der Waals surface area (Å²) in [6.07, 6.45) is 0.612. The second-order valence-corrected chi connectivity index (χ2v) is 5.33. The quantitative estimate of drug-likeness (QED) is 0.877. The summed E-state index contributed by atoms with van der Waals surface area (Å²) in [6.45, 7) is 6.16. The van der Waals surface area contributed by atoms with Crippen molar-refractivity contribution >= 4 is 22.4 Å². The van der Waals surface area contributed by atoms with E-state index in [0.717, 1.165) is 22.2 Å². The smallest absolute Gasteiger partial charge is 0.256 e. The predicted octanol–water partition coefficient (Wildman–Crippen LogP) is 3.99. The van der Waals surface area contributed by atoms with Crippen LogP contribution in [-0.2, 0) is 9.53 Å². The van der Waals surface area contributed by atoms with Crippen molar-refractivity contribution in [2.24, 2.45) is 0 Å². The third kappa shape index (κ3) is 3.07. The molecule has 1 amide bonds. The number of amides is 1. The number of nitrogens with one attached hydrogen (secondary N) is 1. The number of fused-ring (bicyclic) bond motifs is 1. The van der Waals surface area contributed by atoms with Crippen molar-refractivity contribution in [3.05, 3.63) is 36.4 Å². The highest BCUT2D eigenvalue weighted by Crippen LogP contribution is 2.32. The van der Waals surface area contributed by atoms with Crippen molar-refractivity contribution in [1.82, 2.24) is 0 Å². The molecule has 2 rings (SSSR count). The molecule has 1 atom stereocenters. The molecule has 0 saturated carbocycles. The Kier molecular flexibility index (Phi) is 5.03. The Morgan fingerprint density at radius 1 is 1.14 bits per heavy atom. The zero-order valence-corrected chi connectivity index (χ0v) is 13.6. The lowest BCUT2D eigenvalue weighted by Crippen LogP contribution is -2.42. The number of hydrogen-bond donors (Lipinski definition) is 1. The van der Waals surface area contributed by atoms with Crippen LogP contribution < -0.4 is 10.1 Å². The van der Waals surface area contributed by atoms with E-state index in [9.17, 15) is 4.79 Å².